The van der Waals surface area contributed by atoms with Gasteiger partial charge in [-0.3, -0.25) is 4.57 Å². The van der Waals surface area contributed by atoms with E-state index in [1.165, 1.54) is 0 Å². The lowest BCUT2D eigenvalue weighted by Crippen LogP contribution is -2.12. The standard InChI is InChI=1S/C12H12BrN5S/c1-2-9(11-15-3-4-19-11)18-10-8(17-12(18)14)5-7(13)6-16-10/h3-6,9H,2H2,1H3,(H2,14,17). The summed E-state index contributed by atoms with van der Waals surface area (Å²) < 4.78 is 2.85. The molecule has 0 spiro atoms. The molecule has 3 aromatic rings. The van der Waals surface area contributed by atoms with Gasteiger partial charge in [0.25, 0.3) is 0 Å². The number of nitrogen functional groups attached to an aromatic ring is 1. The molecule has 0 saturated heterocycles. The molecule has 3 aromatic heterocycles. The zero-order chi connectivity index (χ0) is 13.4. The molecule has 5 nitrogen and oxygen atoms in total. The molecule has 1 atom stereocenters. The lowest BCUT2D eigenvalue weighted by Gasteiger charge is -2.15. The minimum absolute atomic E-state index is 0.0821. The summed E-state index contributed by atoms with van der Waals surface area (Å²) in [5, 5.41) is 3.00. The maximum absolute atomic E-state index is 6.06. The molecule has 1 unspecified atom stereocenters. The lowest BCUT2D eigenvalue weighted by molar-refractivity contribution is 0.582. The van der Waals surface area contributed by atoms with Gasteiger partial charge in [0, 0.05) is 22.2 Å². The van der Waals surface area contributed by atoms with Gasteiger partial charge in [0.15, 0.2) is 5.65 Å². The van der Waals surface area contributed by atoms with Crippen molar-refractivity contribution in [3.63, 3.8) is 0 Å². The van der Waals surface area contributed by atoms with Gasteiger partial charge in [-0.25, -0.2) is 15.0 Å². The maximum Gasteiger partial charge on any atom is 0.203 e. The van der Waals surface area contributed by atoms with Gasteiger partial charge in [-0.2, -0.15) is 0 Å². The summed E-state index contributed by atoms with van der Waals surface area (Å²) in [6.45, 7) is 2.11. The fourth-order valence-electron chi connectivity index (χ4n) is 2.15. The highest BCUT2D eigenvalue weighted by molar-refractivity contribution is 9.10. The molecule has 3 heterocycles. The summed E-state index contributed by atoms with van der Waals surface area (Å²) in [6.07, 6.45) is 4.46. The third-order valence-corrected chi connectivity index (χ3v) is 4.27. The second-order valence-corrected chi connectivity index (χ2v) is 5.97. The van der Waals surface area contributed by atoms with Crippen molar-refractivity contribution in [1.29, 1.82) is 0 Å². The monoisotopic (exact) mass is 337 g/mol. The Bertz CT molecular complexity index is 706. The van der Waals surface area contributed by atoms with Gasteiger partial charge < -0.3 is 5.73 Å². The van der Waals surface area contributed by atoms with Crippen LogP contribution in [0.25, 0.3) is 11.2 Å². The number of nitrogens with two attached hydrogens (primary N) is 1. The summed E-state index contributed by atoms with van der Waals surface area (Å²) in [6, 6.07) is 2.00. The van der Waals surface area contributed by atoms with Gasteiger partial charge in [0.2, 0.25) is 5.95 Å². The molecule has 0 aliphatic rings. The predicted octanol–water partition coefficient (Wildman–Crippen LogP) is 3.23. The predicted molar refractivity (Wildman–Crippen MR) is 80.2 cm³/mol. The van der Waals surface area contributed by atoms with Gasteiger partial charge in [-0.15, -0.1) is 11.3 Å². The first-order valence-electron chi connectivity index (χ1n) is 5.89. The third-order valence-electron chi connectivity index (χ3n) is 2.96. The number of hydrogen-bond donors (Lipinski definition) is 1. The van der Waals surface area contributed by atoms with E-state index in [-0.39, 0.29) is 6.04 Å². The van der Waals surface area contributed by atoms with Crippen molar-refractivity contribution >= 4 is 44.4 Å². The number of fused-ring (bicyclic) bond motifs is 1. The first kappa shape index (κ1) is 12.6. The molecule has 98 valence electrons. The summed E-state index contributed by atoms with van der Waals surface area (Å²) >= 11 is 5.02. The van der Waals surface area contributed by atoms with Gasteiger partial charge in [-0.1, -0.05) is 6.92 Å². The fourth-order valence-corrected chi connectivity index (χ4v) is 3.28. The zero-order valence-corrected chi connectivity index (χ0v) is 12.6. The number of aromatic nitrogens is 4. The van der Waals surface area contributed by atoms with Crippen LogP contribution in [0, 0.1) is 0 Å². The van der Waals surface area contributed by atoms with Crippen LogP contribution in [0.2, 0.25) is 0 Å². The fraction of sp³-hybridized carbons (Fsp3) is 0.250. The minimum atomic E-state index is 0.0821. The van der Waals surface area contributed by atoms with Crippen molar-refractivity contribution in [2.45, 2.75) is 19.4 Å². The van der Waals surface area contributed by atoms with E-state index in [9.17, 15) is 0 Å². The maximum atomic E-state index is 6.06. The first-order chi connectivity index (χ1) is 9.20. The quantitative estimate of drug-likeness (QED) is 0.796. The molecule has 0 fully saturated rings. The average molecular weight is 338 g/mol. The molecule has 19 heavy (non-hydrogen) atoms. The minimum Gasteiger partial charge on any atom is -0.369 e. The largest absolute Gasteiger partial charge is 0.369 e. The Kier molecular flexibility index (Phi) is 3.24. The Morgan fingerprint density at radius 2 is 2.32 bits per heavy atom. The summed E-state index contributed by atoms with van der Waals surface area (Å²) in [5.74, 6) is 0.475. The number of nitrogens with zero attached hydrogens (tertiary/aromatic N) is 4. The van der Waals surface area contributed by atoms with Crippen LogP contribution in [0.4, 0.5) is 5.95 Å². The topological polar surface area (TPSA) is 69.6 Å². The van der Waals surface area contributed by atoms with Crippen molar-refractivity contribution in [3.8, 4) is 0 Å². The van der Waals surface area contributed by atoms with E-state index in [1.807, 2.05) is 22.2 Å². The van der Waals surface area contributed by atoms with Crippen molar-refractivity contribution in [2.24, 2.45) is 0 Å². The van der Waals surface area contributed by atoms with E-state index in [2.05, 4.69) is 37.8 Å². The molecule has 0 radical (unpaired) electrons. The van der Waals surface area contributed by atoms with Crippen LogP contribution in [0.1, 0.15) is 24.4 Å². The highest BCUT2D eigenvalue weighted by Gasteiger charge is 2.21. The number of halogens is 1. The van der Waals surface area contributed by atoms with Crippen LogP contribution in [0.5, 0.6) is 0 Å². The van der Waals surface area contributed by atoms with Crippen LogP contribution in [0.3, 0.4) is 0 Å². The van der Waals surface area contributed by atoms with E-state index >= 15 is 0 Å². The molecule has 0 bridgehead atoms. The molecule has 7 heteroatoms. The number of rotatable bonds is 3. The lowest BCUT2D eigenvalue weighted by atomic mass is 10.2. The highest BCUT2D eigenvalue weighted by atomic mass is 79.9. The summed E-state index contributed by atoms with van der Waals surface area (Å²) in [4.78, 5) is 13.2. The molecule has 3 rings (SSSR count). The Hall–Kier alpha value is -1.47. The molecule has 0 aromatic carbocycles. The second-order valence-electron chi connectivity index (χ2n) is 4.13. The molecule has 0 aliphatic heterocycles. The van der Waals surface area contributed by atoms with Gasteiger partial charge >= 0.3 is 0 Å². The Morgan fingerprint density at radius 1 is 1.47 bits per heavy atom. The smallest absolute Gasteiger partial charge is 0.203 e. The van der Waals surface area contributed by atoms with E-state index in [0.717, 1.165) is 27.1 Å². The first-order valence-corrected chi connectivity index (χ1v) is 7.56. The van der Waals surface area contributed by atoms with E-state index in [4.69, 9.17) is 5.73 Å². The van der Waals surface area contributed by atoms with Crippen LogP contribution in [0.15, 0.2) is 28.3 Å². The van der Waals surface area contributed by atoms with Crippen LogP contribution in [-0.2, 0) is 0 Å². The molecule has 2 N–H and O–H groups in total. The van der Waals surface area contributed by atoms with Crippen molar-refractivity contribution in [3.05, 3.63) is 33.3 Å². The number of thiazole rings is 1. The van der Waals surface area contributed by atoms with Crippen LogP contribution >= 0.6 is 27.3 Å². The highest BCUT2D eigenvalue weighted by Crippen LogP contribution is 2.30. The zero-order valence-electron chi connectivity index (χ0n) is 10.2. The van der Waals surface area contributed by atoms with E-state index in [1.54, 1.807) is 17.5 Å². The molecular weight excluding hydrogens is 326 g/mol. The molecule has 0 saturated carbocycles. The van der Waals surface area contributed by atoms with Gasteiger partial charge in [-0.05, 0) is 28.4 Å². The SMILES string of the molecule is CCC(c1nccs1)n1c(N)nc2cc(Br)cnc21. The van der Waals surface area contributed by atoms with Gasteiger partial charge in [0.05, 0.1) is 6.04 Å². The molecule has 0 amide bonds. The Morgan fingerprint density at radius 3 is 3.00 bits per heavy atom. The third kappa shape index (κ3) is 2.12. The number of hydrogen-bond acceptors (Lipinski definition) is 5. The molecular formula is C12H12BrN5S. The van der Waals surface area contributed by atoms with Crippen molar-refractivity contribution < 1.29 is 0 Å². The Balaban J connectivity index is 2.21. The van der Waals surface area contributed by atoms with Crippen LogP contribution < -0.4 is 5.73 Å². The van der Waals surface area contributed by atoms with Gasteiger partial charge in [0.1, 0.15) is 10.5 Å². The van der Waals surface area contributed by atoms with E-state index < -0.39 is 0 Å². The number of imidazole rings is 1. The van der Waals surface area contributed by atoms with Crippen LogP contribution in [-0.4, -0.2) is 19.5 Å². The normalized spacial score (nSPS) is 12.9. The average Bonchev–Trinajstić information content (AvgIpc) is 2.99. The molecule has 0 aliphatic carbocycles. The second kappa shape index (κ2) is 4.90. The van der Waals surface area contributed by atoms with Crippen molar-refractivity contribution in [1.82, 2.24) is 19.5 Å². The Labute approximate surface area is 122 Å². The number of anilines is 1. The van der Waals surface area contributed by atoms with Crippen molar-refractivity contribution in [2.75, 3.05) is 5.73 Å². The number of pyridine rings is 1. The summed E-state index contributed by atoms with van der Waals surface area (Å²) in [5.41, 5.74) is 7.65. The van der Waals surface area contributed by atoms with E-state index in [0.29, 0.717) is 5.95 Å². The summed E-state index contributed by atoms with van der Waals surface area (Å²) in [7, 11) is 0.